The Hall–Kier alpha value is -2.29. The molecule has 108 valence electrons. The van der Waals surface area contributed by atoms with Gasteiger partial charge in [-0.15, -0.1) is 0 Å². The summed E-state index contributed by atoms with van der Waals surface area (Å²) in [4.78, 5) is 12.5. The Bertz CT molecular complexity index is 658. The Morgan fingerprint density at radius 2 is 1.81 bits per heavy atom. The van der Waals surface area contributed by atoms with Gasteiger partial charge in [-0.25, -0.2) is 0 Å². The van der Waals surface area contributed by atoms with Crippen LogP contribution in [0.4, 0.5) is 11.4 Å². The zero-order chi connectivity index (χ0) is 15.0. The highest BCUT2D eigenvalue weighted by Gasteiger charge is 2.26. The van der Waals surface area contributed by atoms with Gasteiger partial charge in [0.05, 0.1) is 0 Å². The van der Waals surface area contributed by atoms with Gasteiger partial charge < -0.3 is 10.6 Å². The number of rotatable bonds is 2. The van der Waals surface area contributed by atoms with E-state index in [2.05, 4.69) is 35.8 Å². The molecule has 1 aliphatic heterocycles. The van der Waals surface area contributed by atoms with Crippen LogP contribution in [0.25, 0.3) is 0 Å². The van der Waals surface area contributed by atoms with Crippen LogP contribution in [0.3, 0.4) is 0 Å². The number of hydrogen-bond donors (Lipinski definition) is 2. The van der Waals surface area contributed by atoms with E-state index >= 15 is 0 Å². The van der Waals surface area contributed by atoms with Crippen molar-refractivity contribution in [2.24, 2.45) is 0 Å². The van der Waals surface area contributed by atoms with Gasteiger partial charge in [0.15, 0.2) is 0 Å². The summed E-state index contributed by atoms with van der Waals surface area (Å²) in [5, 5.41) is 6.37. The molecule has 1 amide bonds. The molecule has 0 aliphatic carbocycles. The molecule has 1 heterocycles. The molecule has 0 spiro atoms. The summed E-state index contributed by atoms with van der Waals surface area (Å²) in [7, 11) is 0. The molecular formula is C18H20N2O. The van der Waals surface area contributed by atoms with E-state index in [9.17, 15) is 4.79 Å². The van der Waals surface area contributed by atoms with E-state index in [4.69, 9.17) is 0 Å². The lowest BCUT2D eigenvalue weighted by Gasteiger charge is -2.16. The van der Waals surface area contributed by atoms with Crippen molar-refractivity contribution in [3.05, 3.63) is 58.7 Å². The number of aryl methyl sites for hydroxylation is 3. The Labute approximate surface area is 125 Å². The van der Waals surface area contributed by atoms with Gasteiger partial charge in [0.1, 0.15) is 6.04 Å². The predicted molar refractivity (Wildman–Crippen MR) is 86.8 cm³/mol. The summed E-state index contributed by atoms with van der Waals surface area (Å²) in [6.45, 7) is 6.14. The Morgan fingerprint density at radius 3 is 2.48 bits per heavy atom. The molecule has 1 aliphatic rings. The Kier molecular flexibility index (Phi) is 3.42. The van der Waals surface area contributed by atoms with Gasteiger partial charge in [0, 0.05) is 17.8 Å². The maximum absolute atomic E-state index is 12.5. The first kappa shape index (κ1) is 13.7. The average molecular weight is 280 g/mol. The van der Waals surface area contributed by atoms with Gasteiger partial charge in [-0.2, -0.15) is 0 Å². The number of anilines is 2. The Morgan fingerprint density at radius 1 is 1.14 bits per heavy atom. The van der Waals surface area contributed by atoms with Gasteiger partial charge in [0.2, 0.25) is 5.91 Å². The maximum atomic E-state index is 12.5. The fraction of sp³-hybridized carbons (Fsp3) is 0.278. The van der Waals surface area contributed by atoms with Crippen LogP contribution in [0.2, 0.25) is 0 Å². The van der Waals surface area contributed by atoms with Crippen LogP contribution in [0.5, 0.6) is 0 Å². The largest absolute Gasteiger partial charge is 0.373 e. The minimum atomic E-state index is -0.192. The van der Waals surface area contributed by atoms with Crippen LogP contribution in [-0.4, -0.2) is 11.9 Å². The van der Waals surface area contributed by atoms with Crippen LogP contribution in [0.15, 0.2) is 36.4 Å². The van der Waals surface area contributed by atoms with Crippen molar-refractivity contribution >= 4 is 17.3 Å². The summed E-state index contributed by atoms with van der Waals surface area (Å²) in [6, 6.07) is 12.1. The van der Waals surface area contributed by atoms with Gasteiger partial charge in [-0.3, -0.25) is 4.79 Å². The van der Waals surface area contributed by atoms with Gasteiger partial charge in [-0.1, -0.05) is 35.9 Å². The van der Waals surface area contributed by atoms with Crippen molar-refractivity contribution in [3.63, 3.8) is 0 Å². The van der Waals surface area contributed by atoms with Crippen LogP contribution in [0.1, 0.15) is 22.3 Å². The lowest BCUT2D eigenvalue weighted by molar-refractivity contribution is -0.116. The second kappa shape index (κ2) is 5.24. The number of benzene rings is 2. The van der Waals surface area contributed by atoms with Gasteiger partial charge in [0.25, 0.3) is 0 Å². The van der Waals surface area contributed by atoms with E-state index in [0.29, 0.717) is 0 Å². The molecule has 0 bridgehead atoms. The second-order valence-corrected chi connectivity index (χ2v) is 5.82. The molecule has 0 radical (unpaired) electrons. The van der Waals surface area contributed by atoms with Crippen LogP contribution >= 0.6 is 0 Å². The molecule has 2 N–H and O–H groups in total. The molecule has 1 atom stereocenters. The summed E-state index contributed by atoms with van der Waals surface area (Å²) in [5.41, 5.74) is 6.63. The molecule has 0 saturated carbocycles. The zero-order valence-electron chi connectivity index (χ0n) is 12.7. The first-order valence-electron chi connectivity index (χ1n) is 7.28. The third-order valence-electron chi connectivity index (χ3n) is 4.01. The number of nitrogens with one attached hydrogen (secondary N) is 2. The van der Waals surface area contributed by atoms with Crippen molar-refractivity contribution in [3.8, 4) is 0 Å². The number of carbonyl (C=O) groups excluding carboxylic acids is 1. The maximum Gasteiger partial charge on any atom is 0.247 e. The van der Waals surface area contributed by atoms with E-state index < -0.39 is 0 Å². The van der Waals surface area contributed by atoms with Crippen LogP contribution in [0, 0.1) is 20.8 Å². The molecule has 21 heavy (non-hydrogen) atoms. The summed E-state index contributed by atoms with van der Waals surface area (Å²) < 4.78 is 0. The van der Waals surface area contributed by atoms with Crippen molar-refractivity contribution < 1.29 is 4.79 Å². The number of amides is 1. The molecular weight excluding hydrogens is 260 g/mol. The minimum absolute atomic E-state index is 0.0289. The molecule has 3 heteroatoms. The first-order valence-corrected chi connectivity index (χ1v) is 7.28. The second-order valence-electron chi connectivity index (χ2n) is 5.82. The summed E-state index contributed by atoms with van der Waals surface area (Å²) in [5.74, 6) is 0.0289. The van der Waals surface area contributed by atoms with Crippen molar-refractivity contribution in [1.82, 2.24) is 0 Å². The first-order chi connectivity index (χ1) is 10.0. The van der Waals surface area contributed by atoms with Crippen LogP contribution < -0.4 is 10.6 Å². The fourth-order valence-corrected chi connectivity index (χ4v) is 3.04. The van der Waals surface area contributed by atoms with Gasteiger partial charge in [-0.05, 0) is 43.5 Å². The summed E-state index contributed by atoms with van der Waals surface area (Å²) in [6.07, 6.45) is 0.742. The molecule has 0 unspecified atom stereocenters. The molecule has 0 fully saturated rings. The van der Waals surface area contributed by atoms with Crippen molar-refractivity contribution in [1.29, 1.82) is 0 Å². The van der Waals surface area contributed by atoms with E-state index in [-0.39, 0.29) is 11.9 Å². The van der Waals surface area contributed by atoms with E-state index in [1.54, 1.807) is 0 Å². The highest BCUT2D eigenvalue weighted by atomic mass is 16.2. The third-order valence-corrected chi connectivity index (χ3v) is 4.01. The van der Waals surface area contributed by atoms with Crippen molar-refractivity contribution in [2.75, 3.05) is 10.6 Å². The molecule has 3 rings (SSSR count). The molecule has 0 aromatic heterocycles. The Balaban J connectivity index is 1.77. The lowest BCUT2D eigenvalue weighted by Crippen LogP contribution is -2.33. The molecule has 2 aromatic carbocycles. The lowest BCUT2D eigenvalue weighted by atomic mass is 10.0. The highest BCUT2D eigenvalue weighted by molar-refractivity contribution is 5.99. The monoisotopic (exact) mass is 280 g/mol. The average Bonchev–Trinajstić information content (AvgIpc) is 2.86. The zero-order valence-corrected chi connectivity index (χ0v) is 12.7. The predicted octanol–water partition coefficient (Wildman–Crippen LogP) is 3.59. The highest BCUT2D eigenvalue weighted by Crippen LogP contribution is 2.27. The van der Waals surface area contributed by atoms with E-state index in [1.165, 1.54) is 11.1 Å². The normalized spacial score (nSPS) is 16.2. The van der Waals surface area contributed by atoms with Gasteiger partial charge >= 0.3 is 0 Å². The number of para-hydroxylation sites is 1. The smallest absolute Gasteiger partial charge is 0.247 e. The standard InChI is InChI=1S/C18H20N2O/c1-11-8-12(2)17(13(3)9-11)20-18(21)16-10-14-6-4-5-7-15(14)19-16/h4-9,16,19H,10H2,1-3H3,(H,20,21)/t16-/m0/s1. The number of hydrogen-bond acceptors (Lipinski definition) is 2. The van der Waals surface area contributed by atoms with Crippen molar-refractivity contribution in [2.45, 2.75) is 33.2 Å². The topological polar surface area (TPSA) is 41.1 Å². The fourth-order valence-electron chi connectivity index (χ4n) is 3.04. The minimum Gasteiger partial charge on any atom is -0.373 e. The molecule has 2 aromatic rings. The summed E-state index contributed by atoms with van der Waals surface area (Å²) >= 11 is 0. The van der Waals surface area contributed by atoms with E-state index in [1.807, 2.05) is 32.0 Å². The number of carbonyl (C=O) groups is 1. The quantitative estimate of drug-likeness (QED) is 0.882. The number of fused-ring (bicyclic) bond motifs is 1. The van der Waals surface area contributed by atoms with Crippen LogP contribution in [-0.2, 0) is 11.2 Å². The SMILES string of the molecule is Cc1cc(C)c(NC(=O)[C@@H]2Cc3ccccc3N2)c(C)c1. The molecule has 0 saturated heterocycles. The third kappa shape index (κ3) is 2.64. The van der Waals surface area contributed by atoms with E-state index in [0.717, 1.165) is 28.9 Å². The molecule has 3 nitrogen and oxygen atoms in total.